The van der Waals surface area contributed by atoms with Gasteiger partial charge in [-0.25, -0.2) is 4.98 Å². The van der Waals surface area contributed by atoms with E-state index in [0.29, 0.717) is 0 Å². The van der Waals surface area contributed by atoms with E-state index in [4.69, 9.17) is 0 Å². The predicted molar refractivity (Wildman–Crippen MR) is 65.7 cm³/mol. The maximum atomic E-state index is 4.50. The summed E-state index contributed by atoms with van der Waals surface area (Å²) in [6.07, 6.45) is 10.3. The van der Waals surface area contributed by atoms with Crippen LogP contribution in [0.15, 0.2) is 29.3 Å². The van der Waals surface area contributed by atoms with Gasteiger partial charge in [-0.15, -0.1) is 0 Å². The summed E-state index contributed by atoms with van der Waals surface area (Å²) in [6.45, 7) is 0. The fourth-order valence-corrected chi connectivity index (χ4v) is 2.68. The highest BCUT2D eigenvalue weighted by Crippen LogP contribution is 2.26. The second-order valence-corrected chi connectivity index (χ2v) is 4.90. The van der Waals surface area contributed by atoms with Gasteiger partial charge < -0.3 is 4.57 Å². The Labute approximate surface area is 103 Å². The van der Waals surface area contributed by atoms with Crippen LogP contribution in [-0.2, 0) is 12.8 Å². The molecule has 2 aromatic heterocycles. The molecule has 0 spiro atoms. The van der Waals surface area contributed by atoms with Crippen LogP contribution in [0.2, 0.25) is 0 Å². The van der Waals surface area contributed by atoms with Crippen molar-refractivity contribution in [2.75, 3.05) is 0 Å². The molecule has 1 aliphatic rings. The predicted octanol–water partition coefficient (Wildman–Crippen LogP) is 2.91. The number of aryl methyl sites for hydroxylation is 1. The number of rotatable bonds is 1. The van der Waals surface area contributed by atoms with E-state index in [1.54, 1.807) is 0 Å². The van der Waals surface area contributed by atoms with E-state index in [1.807, 2.05) is 24.8 Å². The van der Waals surface area contributed by atoms with Gasteiger partial charge in [0.2, 0.25) is 0 Å². The van der Waals surface area contributed by atoms with Crippen LogP contribution in [0, 0.1) is 0 Å². The third-order valence-electron chi connectivity index (χ3n) is 3.04. The first-order valence-corrected chi connectivity index (χ1v) is 6.30. The summed E-state index contributed by atoms with van der Waals surface area (Å²) in [5.74, 6) is 0. The molecule has 0 unspecified atom stereocenters. The van der Waals surface area contributed by atoms with Crippen molar-refractivity contribution in [3.8, 4) is 5.69 Å². The van der Waals surface area contributed by atoms with Crippen LogP contribution in [0.5, 0.6) is 0 Å². The number of aromatic nitrogens is 3. The SMILES string of the molecule is Brc1cnccc1-n1cnc2c1CCCC2. The fraction of sp³-hybridized carbons (Fsp3) is 0.333. The summed E-state index contributed by atoms with van der Waals surface area (Å²) in [6, 6.07) is 2.01. The lowest BCUT2D eigenvalue weighted by Gasteiger charge is -2.14. The standard InChI is InChI=1S/C12H12BrN3/c13-9-7-14-6-5-11(9)16-8-15-10-3-1-2-4-12(10)16/h5-8H,1-4H2. The highest BCUT2D eigenvalue weighted by atomic mass is 79.9. The molecular formula is C12H12BrN3. The van der Waals surface area contributed by atoms with Gasteiger partial charge in [0.1, 0.15) is 0 Å². The zero-order valence-electron chi connectivity index (χ0n) is 8.86. The van der Waals surface area contributed by atoms with Crippen LogP contribution in [0.25, 0.3) is 5.69 Å². The van der Waals surface area contributed by atoms with Crippen LogP contribution < -0.4 is 0 Å². The highest BCUT2D eigenvalue weighted by molar-refractivity contribution is 9.10. The molecule has 0 saturated heterocycles. The monoisotopic (exact) mass is 277 g/mol. The molecule has 0 aromatic carbocycles. The van der Waals surface area contributed by atoms with Crippen LogP contribution in [0.1, 0.15) is 24.2 Å². The topological polar surface area (TPSA) is 30.7 Å². The minimum absolute atomic E-state index is 1.01. The zero-order chi connectivity index (χ0) is 11.0. The lowest BCUT2D eigenvalue weighted by atomic mass is 10.0. The van der Waals surface area contributed by atoms with E-state index < -0.39 is 0 Å². The number of halogens is 1. The van der Waals surface area contributed by atoms with Crippen LogP contribution >= 0.6 is 15.9 Å². The van der Waals surface area contributed by atoms with E-state index in [1.165, 1.54) is 24.2 Å². The Hall–Kier alpha value is -1.16. The molecule has 0 fully saturated rings. The van der Waals surface area contributed by atoms with Crippen molar-refractivity contribution in [1.29, 1.82) is 0 Å². The molecule has 0 N–H and O–H groups in total. The summed E-state index contributed by atoms with van der Waals surface area (Å²) >= 11 is 3.53. The number of imidazole rings is 1. The molecule has 1 aliphatic carbocycles. The minimum atomic E-state index is 1.01. The third-order valence-corrected chi connectivity index (χ3v) is 3.65. The number of nitrogens with zero attached hydrogens (tertiary/aromatic N) is 3. The molecule has 3 rings (SSSR count). The molecule has 3 nitrogen and oxygen atoms in total. The zero-order valence-corrected chi connectivity index (χ0v) is 10.4. The van der Waals surface area contributed by atoms with Gasteiger partial charge in [-0.05, 0) is 47.7 Å². The molecule has 0 aliphatic heterocycles. The van der Waals surface area contributed by atoms with Crippen LogP contribution in [-0.4, -0.2) is 14.5 Å². The number of hydrogen-bond acceptors (Lipinski definition) is 2. The van der Waals surface area contributed by atoms with Gasteiger partial charge in [-0.3, -0.25) is 4.98 Å². The molecule has 0 atom stereocenters. The van der Waals surface area contributed by atoms with Gasteiger partial charge in [0.25, 0.3) is 0 Å². The molecule has 2 aromatic rings. The van der Waals surface area contributed by atoms with Gasteiger partial charge in [0.05, 0.1) is 22.2 Å². The normalized spacial score (nSPS) is 14.8. The average molecular weight is 278 g/mol. The van der Waals surface area contributed by atoms with Crippen molar-refractivity contribution in [1.82, 2.24) is 14.5 Å². The van der Waals surface area contributed by atoms with Gasteiger partial charge in [0.15, 0.2) is 0 Å². The molecule has 16 heavy (non-hydrogen) atoms. The molecule has 0 bridgehead atoms. The van der Waals surface area contributed by atoms with Crippen molar-refractivity contribution in [2.24, 2.45) is 0 Å². The Bertz CT molecular complexity index is 519. The molecule has 4 heteroatoms. The maximum Gasteiger partial charge on any atom is 0.0998 e. The Balaban J connectivity index is 2.13. The largest absolute Gasteiger partial charge is 0.302 e. The molecule has 82 valence electrons. The van der Waals surface area contributed by atoms with Crippen molar-refractivity contribution in [2.45, 2.75) is 25.7 Å². The van der Waals surface area contributed by atoms with E-state index in [0.717, 1.165) is 23.0 Å². The van der Waals surface area contributed by atoms with Gasteiger partial charge in [0, 0.05) is 18.1 Å². The lowest BCUT2D eigenvalue weighted by molar-refractivity contribution is 0.655. The second kappa shape index (κ2) is 4.01. The number of pyridine rings is 1. The molecule has 0 amide bonds. The summed E-state index contributed by atoms with van der Waals surface area (Å²) < 4.78 is 3.20. The Kier molecular flexibility index (Phi) is 2.52. The Morgan fingerprint density at radius 3 is 3.00 bits per heavy atom. The first kappa shape index (κ1) is 10.0. The number of fused-ring (bicyclic) bond motifs is 1. The van der Waals surface area contributed by atoms with E-state index in [-0.39, 0.29) is 0 Å². The first-order valence-electron chi connectivity index (χ1n) is 5.51. The van der Waals surface area contributed by atoms with E-state index in [9.17, 15) is 0 Å². The van der Waals surface area contributed by atoms with Crippen molar-refractivity contribution >= 4 is 15.9 Å². The molecular weight excluding hydrogens is 266 g/mol. The Morgan fingerprint density at radius 2 is 2.12 bits per heavy atom. The fourth-order valence-electron chi connectivity index (χ4n) is 2.24. The quantitative estimate of drug-likeness (QED) is 0.803. The molecule has 2 heterocycles. The summed E-state index contributed by atoms with van der Waals surface area (Å²) in [5.41, 5.74) is 3.75. The van der Waals surface area contributed by atoms with Crippen molar-refractivity contribution in [3.05, 3.63) is 40.6 Å². The third kappa shape index (κ3) is 1.57. The average Bonchev–Trinajstić information content (AvgIpc) is 2.74. The summed E-state index contributed by atoms with van der Waals surface area (Å²) in [4.78, 5) is 8.58. The van der Waals surface area contributed by atoms with Gasteiger partial charge >= 0.3 is 0 Å². The second-order valence-electron chi connectivity index (χ2n) is 4.04. The molecule has 0 saturated carbocycles. The van der Waals surface area contributed by atoms with E-state index in [2.05, 4.69) is 30.5 Å². The smallest absolute Gasteiger partial charge is 0.0998 e. The highest BCUT2D eigenvalue weighted by Gasteiger charge is 2.16. The van der Waals surface area contributed by atoms with Gasteiger partial charge in [-0.1, -0.05) is 0 Å². The lowest BCUT2D eigenvalue weighted by Crippen LogP contribution is -2.07. The summed E-state index contributed by atoms with van der Waals surface area (Å²) in [7, 11) is 0. The summed E-state index contributed by atoms with van der Waals surface area (Å²) in [5, 5.41) is 0. The van der Waals surface area contributed by atoms with Crippen LogP contribution in [0.3, 0.4) is 0 Å². The van der Waals surface area contributed by atoms with Gasteiger partial charge in [-0.2, -0.15) is 0 Å². The van der Waals surface area contributed by atoms with E-state index >= 15 is 0 Å². The Morgan fingerprint density at radius 1 is 1.25 bits per heavy atom. The minimum Gasteiger partial charge on any atom is -0.302 e. The van der Waals surface area contributed by atoms with Crippen LogP contribution in [0.4, 0.5) is 0 Å². The maximum absolute atomic E-state index is 4.50. The first-order chi connectivity index (χ1) is 7.86. The number of hydrogen-bond donors (Lipinski definition) is 0. The van der Waals surface area contributed by atoms with Crippen molar-refractivity contribution < 1.29 is 0 Å². The van der Waals surface area contributed by atoms with Crippen molar-refractivity contribution in [3.63, 3.8) is 0 Å². The molecule has 0 radical (unpaired) electrons.